The second-order valence-electron chi connectivity index (χ2n) is 3.95. The highest BCUT2D eigenvalue weighted by Gasteiger charge is 2.11. The van der Waals surface area contributed by atoms with Crippen molar-refractivity contribution in [1.82, 2.24) is 19.9 Å². The van der Waals surface area contributed by atoms with Gasteiger partial charge in [0, 0.05) is 0 Å². The molecule has 0 saturated heterocycles. The zero-order valence-corrected chi connectivity index (χ0v) is 17.1. The van der Waals surface area contributed by atoms with Gasteiger partial charge in [-0.2, -0.15) is 15.0 Å². The van der Waals surface area contributed by atoms with E-state index in [-0.39, 0.29) is 69.1 Å². The summed E-state index contributed by atoms with van der Waals surface area (Å²) in [6.07, 6.45) is 0. The molecule has 0 radical (unpaired) electrons. The normalized spacial score (nSPS) is 10.2. The van der Waals surface area contributed by atoms with E-state index in [1.165, 1.54) is 0 Å². The van der Waals surface area contributed by atoms with Gasteiger partial charge in [0.1, 0.15) is 23.3 Å². The first-order chi connectivity index (χ1) is 12.3. The van der Waals surface area contributed by atoms with Crippen LogP contribution in [-0.4, -0.2) is 56.6 Å². The number of aliphatic hydroxyl groups excluding tert-OH is 2. The van der Waals surface area contributed by atoms with Crippen LogP contribution in [-0.2, 0) is 0 Å². The van der Waals surface area contributed by atoms with Crippen LogP contribution in [0.3, 0.4) is 0 Å². The van der Waals surface area contributed by atoms with Crippen LogP contribution in [0.1, 0.15) is 0 Å². The standard InChI is InChI=1S/2C6H5Cl3N2O2/c7-3-4(8)10-6(9)11-5(3)13-2-1-12;7-3-4(8)10-6(11-5(3)9)13-2-1-12/h2*12H,1-2H2. The molecular formula is C12H10Cl6N4O4. The molecule has 144 valence electrons. The molecule has 0 atom stereocenters. The van der Waals surface area contributed by atoms with Crippen LogP contribution in [0.4, 0.5) is 0 Å². The highest BCUT2D eigenvalue weighted by Crippen LogP contribution is 2.30. The van der Waals surface area contributed by atoms with Gasteiger partial charge in [0.05, 0.1) is 13.2 Å². The molecule has 0 aliphatic heterocycles. The Bertz CT molecular complexity index is 716. The summed E-state index contributed by atoms with van der Waals surface area (Å²) in [4.78, 5) is 14.6. The fraction of sp³-hybridized carbons (Fsp3) is 0.333. The highest BCUT2D eigenvalue weighted by atomic mass is 35.5. The molecule has 26 heavy (non-hydrogen) atoms. The summed E-state index contributed by atoms with van der Waals surface area (Å²) in [6, 6.07) is -0.00606. The van der Waals surface area contributed by atoms with Gasteiger partial charge in [0.25, 0.3) is 0 Å². The van der Waals surface area contributed by atoms with Gasteiger partial charge in [-0.3, -0.25) is 0 Å². The lowest BCUT2D eigenvalue weighted by atomic mass is 10.6. The number of halogens is 6. The summed E-state index contributed by atoms with van der Waals surface area (Å²) < 4.78 is 9.82. The average molecular weight is 487 g/mol. The second kappa shape index (κ2) is 12.0. The van der Waals surface area contributed by atoms with E-state index in [1.54, 1.807) is 0 Å². The molecule has 0 aliphatic carbocycles. The van der Waals surface area contributed by atoms with Crippen molar-refractivity contribution in [3.8, 4) is 11.9 Å². The van der Waals surface area contributed by atoms with Gasteiger partial charge in [0.15, 0.2) is 15.5 Å². The fourth-order valence-corrected chi connectivity index (χ4v) is 2.15. The molecule has 0 unspecified atom stereocenters. The van der Waals surface area contributed by atoms with Gasteiger partial charge < -0.3 is 19.7 Å². The topological polar surface area (TPSA) is 110 Å². The van der Waals surface area contributed by atoms with E-state index in [4.69, 9.17) is 89.3 Å². The lowest BCUT2D eigenvalue weighted by molar-refractivity contribution is 0.191. The van der Waals surface area contributed by atoms with Crippen LogP contribution < -0.4 is 9.47 Å². The molecule has 2 aromatic heterocycles. The Balaban J connectivity index is 0.000000260. The van der Waals surface area contributed by atoms with Gasteiger partial charge in [-0.05, 0) is 11.6 Å². The van der Waals surface area contributed by atoms with Crippen LogP contribution >= 0.6 is 69.6 Å². The average Bonchev–Trinajstić information content (AvgIpc) is 2.60. The molecule has 2 heterocycles. The quantitative estimate of drug-likeness (QED) is 0.470. The first kappa shape index (κ1) is 23.5. The van der Waals surface area contributed by atoms with E-state index in [0.29, 0.717) is 0 Å². The van der Waals surface area contributed by atoms with E-state index < -0.39 is 0 Å². The molecular weight excluding hydrogens is 477 g/mol. The SMILES string of the molecule is OCCOc1nc(Cl)c(Cl)c(Cl)n1.OCCOc1nc(Cl)nc(Cl)c1Cl. The maximum atomic E-state index is 8.48. The Kier molecular flexibility index (Phi) is 10.8. The summed E-state index contributed by atoms with van der Waals surface area (Å²) in [5.74, 6) is 0.0701. The minimum atomic E-state index is -0.143. The number of hydrogen-bond donors (Lipinski definition) is 2. The molecule has 0 bridgehead atoms. The first-order valence-electron chi connectivity index (χ1n) is 6.54. The summed E-state index contributed by atoms with van der Waals surface area (Å²) in [6.45, 7) is -0.130. The number of aromatic nitrogens is 4. The Morgan fingerprint density at radius 2 is 1.15 bits per heavy atom. The predicted molar refractivity (Wildman–Crippen MR) is 99.3 cm³/mol. The Hall–Kier alpha value is -0.580. The van der Waals surface area contributed by atoms with E-state index in [9.17, 15) is 0 Å². The third kappa shape index (κ3) is 7.58. The van der Waals surface area contributed by atoms with Gasteiger partial charge in [-0.1, -0.05) is 58.0 Å². The molecule has 2 N–H and O–H groups in total. The summed E-state index contributed by atoms with van der Waals surface area (Å²) >= 11 is 33.5. The molecule has 0 spiro atoms. The van der Waals surface area contributed by atoms with E-state index in [0.717, 1.165) is 0 Å². The summed E-state index contributed by atoms with van der Waals surface area (Å²) in [5, 5.41) is 17.1. The molecule has 0 fully saturated rings. The van der Waals surface area contributed by atoms with Crippen LogP contribution in [0.2, 0.25) is 30.8 Å². The third-order valence-electron chi connectivity index (χ3n) is 2.16. The smallest absolute Gasteiger partial charge is 0.319 e. The van der Waals surface area contributed by atoms with E-state index in [1.807, 2.05) is 0 Å². The second-order valence-corrected chi connectivity index (χ2v) is 6.12. The monoisotopic (exact) mass is 484 g/mol. The van der Waals surface area contributed by atoms with Crippen LogP contribution in [0.15, 0.2) is 0 Å². The van der Waals surface area contributed by atoms with Gasteiger partial charge in [-0.25, -0.2) is 4.98 Å². The number of rotatable bonds is 6. The van der Waals surface area contributed by atoms with Crippen molar-refractivity contribution in [2.45, 2.75) is 0 Å². The van der Waals surface area contributed by atoms with Crippen molar-refractivity contribution < 1.29 is 19.7 Å². The third-order valence-corrected chi connectivity index (χ3v) is 4.13. The first-order valence-corrected chi connectivity index (χ1v) is 8.81. The molecule has 2 aromatic rings. The van der Waals surface area contributed by atoms with Crippen molar-refractivity contribution in [3.63, 3.8) is 0 Å². The van der Waals surface area contributed by atoms with Gasteiger partial charge in [0.2, 0.25) is 11.2 Å². The lowest BCUT2D eigenvalue weighted by Crippen LogP contribution is -2.05. The summed E-state index contributed by atoms with van der Waals surface area (Å²) in [5.41, 5.74) is 0. The van der Waals surface area contributed by atoms with Crippen molar-refractivity contribution in [1.29, 1.82) is 0 Å². The van der Waals surface area contributed by atoms with Gasteiger partial charge in [-0.15, -0.1) is 0 Å². The van der Waals surface area contributed by atoms with Crippen molar-refractivity contribution in [2.75, 3.05) is 26.4 Å². The largest absolute Gasteiger partial charge is 0.474 e. The maximum Gasteiger partial charge on any atom is 0.319 e. The number of hydrogen-bond acceptors (Lipinski definition) is 8. The number of aliphatic hydroxyl groups is 2. The Morgan fingerprint density at radius 1 is 0.654 bits per heavy atom. The molecule has 8 nitrogen and oxygen atoms in total. The summed E-state index contributed by atoms with van der Waals surface area (Å²) in [7, 11) is 0. The molecule has 0 aliphatic rings. The minimum Gasteiger partial charge on any atom is -0.474 e. The lowest BCUT2D eigenvalue weighted by Gasteiger charge is -2.05. The zero-order valence-electron chi connectivity index (χ0n) is 12.6. The molecule has 0 aromatic carbocycles. The van der Waals surface area contributed by atoms with Crippen LogP contribution in [0.5, 0.6) is 11.9 Å². The van der Waals surface area contributed by atoms with Crippen molar-refractivity contribution in [3.05, 3.63) is 30.8 Å². The number of nitrogens with zero attached hydrogens (tertiary/aromatic N) is 4. The Morgan fingerprint density at radius 3 is 1.69 bits per heavy atom. The minimum absolute atomic E-state index is 0.00606. The molecule has 0 amide bonds. The number of ether oxygens (including phenoxy) is 2. The molecule has 14 heteroatoms. The molecule has 0 saturated carbocycles. The van der Waals surface area contributed by atoms with Gasteiger partial charge >= 0.3 is 6.01 Å². The molecule has 2 rings (SSSR count). The van der Waals surface area contributed by atoms with Crippen LogP contribution in [0, 0.1) is 0 Å². The maximum absolute atomic E-state index is 8.48. The van der Waals surface area contributed by atoms with E-state index in [2.05, 4.69) is 19.9 Å². The van der Waals surface area contributed by atoms with E-state index >= 15 is 0 Å². The predicted octanol–water partition coefficient (Wildman–Crippen LogP) is 3.62. The fourth-order valence-electron chi connectivity index (χ4n) is 1.19. The van der Waals surface area contributed by atoms with Crippen molar-refractivity contribution >= 4 is 69.6 Å². The van der Waals surface area contributed by atoms with Crippen LogP contribution in [0.25, 0.3) is 0 Å². The van der Waals surface area contributed by atoms with Crippen molar-refractivity contribution in [2.24, 2.45) is 0 Å². The zero-order chi connectivity index (χ0) is 19.7. The highest BCUT2D eigenvalue weighted by molar-refractivity contribution is 6.46. The Labute approximate surface area is 177 Å².